The molecule has 2 aromatic heterocycles. The second kappa shape index (κ2) is 7.80. The van der Waals surface area contributed by atoms with Gasteiger partial charge in [-0.3, -0.25) is 14.5 Å². The minimum Gasteiger partial charge on any atom is -0.487 e. The van der Waals surface area contributed by atoms with Gasteiger partial charge in [-0.15, -0.1) is 0 Å². The molecule has 0 aliphatic carbocycles. The van der Waals surface area contributed by atoms with Gasteiger partial charge in [-0.2, -0.15) is 5.10 Å². The molecular weight excluding hydrogens is 359 g/mol. The number of benzene rings is 1. The molecule has 1 amide bonds. The summed E-state index contributed by atoms with van der Waals surface area (Å²) in [6.45, 7) is 2.82. The summed E-state index contributed by atoms with van der Waals surface area (Å²) in [7, 11) is 0. The molecule has 0 spiro atoms. The van der Waals surface area contributed by atoms with Crippen LogP contribution in [0.5, 0.6) is 5.75 Å². The molecule has 3 heterocycles. The molecule has 6 nitrogen and oxygen atoms in total. The monoisotopic (exact) mass is 380 g/mol. The summed E-state index contributed by atoms with van der Waals surface area (Å²) in [6.07, 6.45) is 5.89. The van der Waals surface area contributed by atoms with Crippen molar-refractivity contribution in [2.24, 2.45) is 0 Å². The number of carbonyl (C=O) groups excluding carboxylic acids is 1. The van der Waals surface area contributed by atoms with Crippen molar-refractivity contribution in [2.45, 2.75) is 32.4 Å². The maximum absolute atomic E-state index is 14.1. The van der Waals surface area contributed by atoms with Crippen molar-refractivity contribution < 1.29 is 13.9 Å². The highest BCUT2D eigenvalue weighted by Gasteiger charge is 2.27. The zero-order chi connectivity index (χ0) is 19.5. The first kappa shape index (κ1) is 18.2. The van der Waals surface area contributed by atoms with Crippen molar-refractivity contribution in [1.82, 2.24) is 20.1 Å². The molecule has 1 aromatic carbocycles. The number of carbonyl (C=O) groups is 1. The normalized spacial score (nSPS) is 15.1. The van der Waals surface area contributed by atoms with Crippen LogP contribution in [-0.4, -0.2) is 33.3 Å². The van der Waals surface area contributed by atoms with Crippen LogP contribution in [0.15, 0.2) is 48.9 Å². The molecule has 7 heteroatoms. The molecule has 4 rings (SSSR count). The van der Waals surface area contributed by atoms with Gasteiger partial charge in [0.05, 0.1) is 12.2 Å². The van der Waals surface area contributed by atoms with Crippen LogP contribution >= 0.6 is 0 Å². The van der Waals surface area contributed by atoms with E-state index in [0.29, 0.717) is 37.2 Å². The van der Waals surface area contributed by atoms with Crippen molar-refractivity contribution in [1.29, 1.82) is 0 Å². The number of amides is 1. The Morgan fingerprint density at radius 3 is 3.04 bits per heavy atom. The van der Waals surface area contributed by atoms with E-state index < -0.39 is 0 Å². The maximum atomic E-state index is 14.1. The van der Waals surface area contributed by atoms with Crippen LogP contribution in [0.1, 0.15) is 17.7 Å². The fraction of sp³-hybridized carbons (Fsp3) is 0.286. The predicted molar refractivity (Wildman–Crippen MR) is 102 cm³/mol. The average molecular weight is 380 g/mol. The molecule has 0 radical (unpaired) electrons. The first-order chi connectivity index (χ1) is 13.6. The second-order valence-corrected chi connectivity index (χ2v) is 6.90. The Kier molecular flexibility index (Phi) is 5.06. The Labute approximate surface area is 162 Å². The lowest BCUT2D eigenvalue weighted by Crippen LogP contribution is -2.34. The fourth-order valence-corrected chi connectivity index (χ4v) is 3.36. The van der Waals surface area contributed by atoms with E-state index in [2.05, 4.69) is 15.4 Å². The lowest BCUT2D eigenvalue weighted by atomic mass is 10.0. The lowest BCUT2D eigenvalue weighted by molar-refractivity contribution is -0.121. The summed E-state index contributed by atoms with van der Waals surface area (Å²) in [5, 5.41) is 7.16. The van der Waals surface area contributed by atoms with Crippen molar-refractivity contribution in [3.05, 3.63) is 66.0 Å². The third-order valence-corrected chi connectivity index (χ3v) is 4.70. The van der Waals surface area contributed by atoms with Crippen LogP contribution in [0.3, 0.4) is 0 Å². The molecule has 0 saturated carbocycles. The summed E-state index contributed by atoms with van der Waals surface area (Å²) in [6, 6.07) is 8.54. The fourth-order valence-electron chi connectivity index (χ4n) is 3.36. The summed E-state index contributed by atoms with van der Waals surface area (Å²) in [5.41, 5.74) is 3.22. The highest BCUT2D eigenvalue weighted by atomic mass is 19.1. The highest BCUT2D eigenvalue weighted by molar-refractivity contribution is 5.76. The van der Waals surface area contributed by atoms with E-state index in [1.165, 1.54) is 12.1 Å². The van der Waals surface area contributed by atoms with Crippen LogP contribution in [-0.2, 0) is 17.8 Å². The molecule has 144 valence electrons. The van der Waals surface area contributed by atoms with Gasteiger partial charge in [0.2, 0.25) is 5.91 Å². The van der Waals surface area contributed by atoms with E-state index in [-0.39, 0.29) is 17.8 Å². The van der Waals surface area contributed by atoms with Gasteiger partial charge >= 0.3 is 0 Å². The van der Waals surface area contributed by atoms with E-state index in [9.17, 15) is 9.18 Å². The average Bonchev–Trinajstić information content (AvgIpc) is 3.30. The van der Waals surface area contributed by atoms with Gasteiger partial charge in [-0.25, -0.2) is 4.39 Å². The van der Waals surface area contributed by atoms with Gasteiger partial charge < -0.3 is 10.1 Å². The van der Waals surface area contributed by atoms with Crippen LogP contribution < -0.4 is 10.1 Å². The van der Waals surface area contributed by atoms with Gasteiger partial charge in [0.15, 0.2) is 0 Å². The molecular formula is C21H21FN4O2. The van der Waals surface area contributed by atoms with E-state index in [0.717, 1.165) is 16.8 Å². The molecule has 0 fully saturated rings. The number of halogens is 1. The number of hydrogen-bond acceptors (Lipinski definition) is 4. The number of rotatable bonds is 6. The van der Waals surface area contributed by atoms with Gasteiger partial charge in [0.25, 0.3) is 0 Å². The van der Waals surface area contributed by atoms with E-state index in [4.69, 9.17) is 4.74 Å². The number of fused-ring (bicyclic) bond motifs is 1. The summed E-state index contributed by atoms with van der Waals surface area (Å²) < 4.78 is 21.8. The molecule has 0 saturated heterocycles. The predicted octanol–water partition coefficient (Wildman–Crippen LogP) is 2.90. The maximum Gasteiger partial charge on any atom is 0.221 e. The van der Waals surface area contributed by atoms with Crippen molar-refractivity contribution in [2.75, 3.05) is 6.54 Å². The minimum atomic E-state index is -0.305. The number of ether oxygens (including phenoxy) is 1. The quantitative estimate of drug-likeness (QED) is 0.714. The third-order valence-electron chi connectivity index (χ3n) is 4.70. The van der Waals surface area contributed by atoms with Gasteiger partial charge in [-0.05, 0) is 31.2 Å². The Morgan fingerprint density at radius 1 is 1.39 bits per heavy atom. The standard InChI is InChI=1S/C21H21FN4O2/c1-14-4-7-26(25-14)8-5-20(27)24-13-18-10-16-9-17(22)11-19(21(16)28-18)15-3-2-6-23-12-15/h2-4,6-7,9,11-12,18H,5,8,10,13H2,1H3,(H,24,27). The molecule has 28 heavy (non-hydrogen) atoms. The molecule has 1 unspecified atom stereocenters. The van der Waals surface area contributed by atoms with Gasteiger partial charge in [0.1, 0.15) is 17.7 Å². The third kappa shape index (κ3) is 4.03. The first-order valence-corrected chi connectivity index (χ1v) is 9.25. The Hall–Kier alpha value is -3.22. The lowest BCUT2D eigenvalue weighted by Gasteiger charge is -2.13. The van der Waals surface area contributed by atoms with Crippen LogP contribution in [0, 0.1) is 12.7 Å². The van der Waals surface area contributed by atoms with E-state index in [1.807, 2.05) is 25.3 Å². The van der Waals surface area contributed by atoms with Gasteiger partial charge in [0, 0.05) is 54.7 Å². The molecule has 1 aliphatic rings. The SMILES string of the molecule is Cc1ccn(CCC(=O)NCC2Cc3cc(F)cc(-c4cccnc4)c3O2)n1. The smallest absolute Gasteiger partial charge is 0.221 e. The number of hydrogen-bond donors (Lipinski definition) is 1. The number of nitrogens with one attached hydrogen (secondary N) is 1. The molecule has 1 atom stereocenters. The molecule has 1 N–H and O–H groups in total. The zero-order valence-electron chi connectivity index (χ0n) is 15.6. The van der Waals surface area contributed by atoms with Crippen molar-refractivity contribution >= 4 is 5.91 Å². The number of aryl methyl sites for hydroxylation is 2. The first-order valence-electron chi connectivity index (χ1n) is 9.25. The van der Waals surface area contributed by atoms with E-state index in [1.54, 1.807) is 23.1 Å². The zero-order valence-corrected chi connectivity index (χ0v) is 15.6. The Balaban J connectivity index is 1.36. The van der Waals surface area contributed by atoms with Crippen molar-refractivity contribution in [3.63, 3.8) is 0 Å². The number of pyridine rings is 1. The summed E-state index contributed by atoms with van der Waals surface area (Å²) >= 11 is 0. The number of aromatic nitrogens is 3. The van der Waals surface area contributed by atoms with Gasteiger partial charge in [-0.1, -0.05) is 6.07 Å². The van der Waals surface area contributed by atoms with Crippen LogP contribution in [0.2, 0.25) is 0 Å². The Bertz CT molecular complexity index is 987. The molecule has 1 aliphatic heterocycles. The highest BCUT2D eigenvalue weighted by Crippen LogP contribution is 2.39. The second-order valence-electron chi connectivity index (χ2n) is 6.90. The summed E-state index contributed by atoms with van der Waals surface area (Å²) in [5.74, 6) is 0.299. The minimum absolute atomic E-state index is 0.0635. The summed E-state index contributed by atoms with van der Waals surface area (Å²) in [4.78, 5) is 16.2. The van der Waals surface area contributed by atoms with Crippen LogP contribution in [0.4, 0.5) is 4.39 Å². The topological polar surface area (TPSA) is 69.0 Å². The van der Waals surface area contributed by atoms with E-state index >= 15 is 0 Å². The van der Waals surface area contributed by atoms with Crippen molar-refractivity contribution in [3.8, 4) is 16.9 Å². The van der Waals surface area contributed by atoms with Crippen LogP contribution in [0.25, 0.3) is 11.1 Å². The largest absolute Gasteiger partial charge is 0.487 e. The Morgan fingerprint density at radius 2 is 2.29 bits per heavy atom. The molecule has 0 bridgehead atoms. The number of nitrogens with zero attached hydrogens (tertiary/aromatic N) is 3. The molecule has 3 aromatic rings.